The monoisotopic (exact) mass is 433 g/mol. The lowest BCUT2D eigenvalue weighted by Gasteiger charge is -2.35. The highest BCUT2D eigenvalue weighted by Gasteiger charge is 2.24. The fourth-order valence-corrected chi connectivity index (χ4v) is 3.96. The van der Waals surface area contributed by atoms with Crippen LogP contribution in [0.1, 0.15) is 10.5 Å². The van der Waals surface area contributed by atoms with Crippen molar-refractivity contribution in [2.75, 3.05) is 31.1 Å². The van der Waals surface area contributed by atoms with Gasteiger partial charge in [0.25, 0.3) is 11.5 Å². The van der Waals surface area contributed by atoms with E-state index in [1.165, 1.54) is 10.7 Å². The van der Waals surface area contributed by atoms with Crippen LogP contribution < -0.4 is 10.5 Å². The van der Waals surface area contributed by atoms with Crippen LogP contribution in [-0.2, 0) is 0 Å². The topological polar surface area (TPSA) is 74.2 Å². The van der Waals surface area contributed by atoms with Crippen LogP contribution in [0.5, 0.6) is 0 Å². The van der Waals surface area contributed by atoms with Gasteiger partial charge in [-0.3, -0.25) is 9.59 Å². The number of benzene rings is 2. The lowest BCUT2D eigenvalue weighted by Crippen LogP contribution is -2.49. The molecule has 8 heteroatoms. The normalized spacial score (nSPS) is 14.2. The number of para-hydroxylation sites is 1. The molecule has 1 saturated heterocycles. The molecule has 1 fully saturated rings. The Morgan fingerprint density at radius 3 is 2.42 bits per heavy atom. The molecule has 3 heterocycles. The first-order valence-corrected chi connectivity index (χ1v) is 10.4. The van der Waals surface area contributed by atoms with Gasteiger partial charge in [-0.2, -0.15) is 4.68 Å². The molecule has 0 spiro atoms. The molecule has 1 amide bonds. The number of hydrogen-bond acceptors (Lipinski definition) is 4. The van der Waals surface area contributed by atoms with E-state index in [4.69, 9.17) is 11.6 Å². The maximum absolute atomic E-state index is 12.9. The first kappa shape index (κ1) is 19.4. The van der Waals surface area contributed by atoms with Gasteiger partial charge < -0.3 is 14.8 Å². The molecular weight excluding hydrogens is 414 g/mol. The van der Waals surface area contributed by atoms with Crippen LogP contribution in [0.3, 0.4) is 0 Å². The molecule has 7 nitrogen and oxygen atoms in total. The van der Waals surface area contributed by atoms with Gasteiger partial charge in [-0.15, -0.1) is 5.10 Å². The molecule has 2 aromatic carbocycles. The van der Waals surface area contributed by atoms with Gasteiger partial charge in [0, 0.05) is 48.2 Å². The van der Waals surface area contributed by atoms with Crippen LogP contribution in [0.15, 0.2) is 71.5 Å². The molecule has 4 aromatic rings. The van der Waals surface area contributed by atoms with Crippen molar-refractivity contribution in [3.05, 3.63) is 87.8 Å². The SMILES string of the molecule is O=C(c1cc2ccccc2[nH]1)N1CCN(c2ccc(=O)n(-c3ccc(Cl)cc3)n2)CC1. The van der Waals surface area contributed by atoms with Crippen molar-refractivity contribution in [2.24, 2.45) is 0 Å². The first-order chi connectivity index (χ1) is 15.1. The molecule has 0 radical (unpaired) electrons. The van der Waals surface area contributed by atoms with E-state index in [2.05, 4.69) is 15.0 Å². The number of rotatable bonds is 3. The maximum atomic E-state index is 12.9. The summed E-state index contributed by atoms with van der Waals surface area (Å²) in [6.45, 7) is 2.43. The van der Waals surface area contributed by atoms with Crippen LogP contribution >= 0.6 is 11.6 Å². The van der Waals surface area contributed by atoms with Gasteiger partial charge >= 0.3 is 0 Å². The summed E-state index contributed by atoms with van der Waals surface area (Å²) in [6.07, 6.45) is 0. The zero-order chi connectivity index (χ0) is 21.4. The van der Waals surface area contributed by atoms with Gasteiger partial charge in [0.2, 0.25) is 0 Å². The van der Waals surface area contributed by atoms with E-state index >= 15 is 0 Å². The summed E-state index contributed by atoms with van der Waals surface area (Å²) in [5.41, 5.74) is 2.00. The van der Waals surface area contributed by atoms with Gasteiger partial charge in [-0.1, -0.05) is 29.8 Å². The highest BCUT2D eigenvalue weighted by molar-refractivity contribution is 6.30. The van der Waals surface area contributed by atoms with E-state index in [1.807, 2.05) is 35.2 Å². The number of carbonyl (C=O) groups excluding carboxylic acids is 1. The number of piperazine rings is 1. The molecule has 1 N–H and O–H groups in total. The Hall–Kier alpha value is -3.58. The van der Waals surface area contributed by atoms with Crippen LogP contribution in [0.25, 0.3) is 16.6 Å². The fourth-order valence-electron chi connectivity index (χ4n) is 3.83. The summed E-state index contributed by atoms with van der Waals surface area (Å²) in [5.74, 6) is 0.696. The number of nitrogens with one attached hydrogen (secondary N) is 1. The van der Waals surface area contributed by atoms with E-state index in [0.29, 0.717) is 48.4 Å². The number of anilines is 1. The minimum Gasteiger partial charge on any atom is -0.352 e. The van der Waals surface area contributed by atoms with Gasteiger partial charge in [0.05, 0.1) is 5.69 Å². The highest BCUT2D eigenvalue weighted by Crippen LogP contribution is 2.19. The molecule has 0 aliphatic carbocycles. The number of fused-ring (bicyclic) bond motifs is 1. The summed E-state index contributed by atoms with van der Waals surface area (Å²) in [7, 11) is 0. The van der Waals surface area contributed by atoms with Crippen molar-refractivity contribution in [1.29, 1.82) is 0 Å². The number of hydrogen-bond donors (Lipinski definition) is 1. The van der Waals surface area contributed by atoms with Crippen LogP contribution in [0.2, 0.25) is 5.02 Å². The Labute approximate surface area is 183 Å². The number of aromatic amines is 1. The Morgan fingerprint density at radius 2 is 1.68 bits per heavy atom. The van der Waals surface area contributed by atoms with E-state index in [-0.39, 0.29) is 11.5 Å². The minimum absolute atomic E-state index is 0.00468. The Morgan fingerprint density at radius 1 is 0.935 bits per heavy atom. The zero-order valence-electron chi connectivity index (χ0n) is 16.7. The van der Waals surface area contributed by atoms with E-state index in [1.54, 1.807) is 30.3 Å². The molecule has 2 aromatic heterocycles. The van der Waals surface area contributed by atoms with Crippen LogP contribution in [0, 0.1) is 0 Å². The van der Waals surface area contributed by atoms with E-state index in [0.717, 1.165) is 10.9 Å². The van der Waals surface area contributed by atoms with E-state index in [9.17, 15) is 9.59 Å². The fraction of sp³-hybridized carbons (Fsp3) is 0.174. The summed E-state index contributed by atoms with van der Waals surface area (Å²) in [4.78, 5) is 32.4. The smallest absolute Gasteiger partial charge is 0.271 e. The Kier molecular flexibility index (Phi) is 4.95. The summed E-state index contributed by atoms with van der Waals surface area (Å²) in [5, 5.41) is 6.16. The number of halogens is 1. The summed E-state index contributed by atoms with van der Waals surface area (Å²) < 4.78 is 1.37. The molecule has 1 aliphatic heterocycles. The Bertz CT molecular complexity index is 1270. The third-order valence-corrected chi connectivity index (χ3v) is 5.76. The highest BCUT2D eigenvalue weighted by atomic mass is 35.5. The predicted molar refractivity (Wildman–Crippen MR) is 121 cm³/mol. The summed E-state index contributed by atoms with van der Waals surface area (Å²) in [6, 6.07) is 20.0. The van der Waals surface area contributed by atoms with Crippen molar-refractivity contribution in [3.8, 4) is 5.69 Å². The first-order valence-electron chi connectivity index (χ1n) is 10.1. The minimum atomic E-state index is -0.210. The van der Waals surface area contributed by atoms with Crippen LogP contribution in [0.4, 0.5) is 5.82 Å². The number of carbonyl (C=O) groups is 1. The van der Waals surface area contributed by atoms with Crippen molar-refractivity contribution in [3.63, 3.8) is 0 Å². The Balaban J connectivity index is 1.31. The third-order valence-electron chi connectivity index (χ3n) is 5.51. The van der Waals surface area contributed by atoms with Crippen molar-refractivity contribution in [2.45, 2.75) is 0 Å². The van der Waals surface area contributed by atoms with Gasteiger partial charge in [-0.25, -0.2) is 0 Å². The standard InChI is InChI=1S/C23H20ClN5O2/c24-17-5-7-18(8-6-17)29-22(30)10-9-21(26-29)27-11-13-28(14-12-27)23(31)20-15-16-3-1-2-4-19(16)25-20/h1-10,15,25H,11-14H2. The second kappa shape index (κ2) is 7.92. The van der Waals surface area contributed by atoms with Gasteiger partial charge in [0.15, 0.2) is 0 Å². The van der Waals surface area contributed by atoms with Crippen molar-refractivity contribution >= 4 is 34.2 Å². The molecule has 1 aliphatic rings. The van der Waals surface area contributed by atoms with Gasteiger partial charge in [-0.05, 0) is 42.5 Å². The molecule has 156 valence electrons. The maximum Gasteiger partial charge on any atom is 0.271 e. The lowest BCUT2D eigenvalue weighted by molar-refractivity contribution is 0.0741. The average molecular weight is 434 g/mol. The van der Waals surface area contributed by atoms with Crippen LogP contribution in [-0.4, -0.2) is 51.8 Å². The third kappa shape index (κ3) is 3.80. The second-order valence-electron chi connectivity index (χ2n) is 7.47. The molecular formula is C23H20ClN5O2. The van der Waals surface area contributed by atoms with Gasteiger partial charge in [0.1, 0.15) is 11.5 Å². The largest absolute Gasteiger partial charge is 0.352 e. The number of H-pyrrole nitrogens is 1. The zero-order valence-corrected chi connectivity index (χ0v) is 17.4. The lowest BCUT2D eigenvalue weighted by atomic mass is 10.2. The number of nitrogens with zero attached hydrogens (tertiary/aromatic N) is 4. The molecule has 0 unspecified atom stereocenters. The summed E-state index contributed by atoms with van der Waals surface area (Å²) >= 11 is 5.95. The average Bonchev–Trinajstić information content (AvgIpc) is 3.24. The second-order valence-corrected chi connectivity index (χ2v) is 7.90. The predicted octanol–water partition coefficient (Wildman–Crippen LogP) is 3.33. The molecule has 5 rings (SSSR count). The van der Waals surface area contributed by atoms with Crippen molar-refractivity contribution < 1.29 is 4.79 Å². The number of amides is 1. The van der Waals surface area contributed by atoms with E-state index < -0.39 is 0 Å². The molecule has 31 heavy (non-hydrogen) atoms. The molecule has 0 atom stereocenters. The van der Waals surface area contributed by atoms with Crippen molar-refractivity contribution in [1.82, 2.24) is 19.7 Å². The quantitative estimate of drug-likeness (QED) is 0.537. The number of aromatic nitrogens is 3. The molecule has 0 bridgehead atoms. The molecule has 0 saturated carbocycles.